The number of amides is 4. The molecule has 12 heteroatoms. The summed E-state index contributed by atoms with van der Waals surface area (Å²) in [4.78, 5) is 60.1. The third-order valence-electron chi connectivity index (χ3n) is 4.76. The number of hydrogen-bond acceptors (Lipinski definition) is 7. The number of benzene rings is 1. The highest BCUT2D eigenvalue weighted by molar-refractivity contribution is 5.94. The molecule has 0 heterocycles. The van der Waals surface area contributed by atoms with Crippen molar-refractivity contribution in [2.24, 2.45) is 17.4 Å². The van der Waals surface area contributed by atoms with Gasteiger partial charge >= 0.3 is 5.97 Å². The fourth-order valence-corrected chi connectivity index (χ4v) is 2.93. The highest BCUT2D eigenvalue weighted by atomic mass is 16.4. The van der Waals surface area contributed by atoms with Crippen molar-refractivity contribution in [3.8, 4) is 5.75 Å². The number of primary amides is 1. The van der Waals surface area contributed by atoms with E-state index in [0.29, 0.717) is 5.56 Å². The summed E-state index contributed by atoms with van der Waals surface area (Å²) >= 11 is 0. The number of phenols is 1. The SMILES string of the molecule is CC(C)C(NC(=O)C(Cc1ccc(O)cc1)NC(=O)C(CCC(N)=O)NC(=O)CN)C(=O)O. The van der Waals surface area contributed by atoms with Crippen LogP contribution >= 0.6 is 0 Å². The predicted molar refractivity (Wildman–Crippen MR) is 118 cm³/mol. The van der Waals surface area contributed by atoms with Gasteiger partial charge in [0.1, 0.15) is 23.9 Å². The van der Waals surface area contributed by atoms with Gasteiger partial charge in [-0.3, -0.25) is 19.2 Å². The van der Waals surface area contributed by atoms with Crippen molar-refractivity contribution in [1.29, 1.82) is 0 Å². The van der Waals surface area contributed by atoms with Gasteiger partial charge in [0.2, 0.25) is 23.6 Å². The molecular formula is C21H31N5O7. The summed E-state index contributed by atoms with van der Waals surface area (Å²) in [6.07, 6.45) is -0.355. The van der Waals surface area contributed by atoms with E-state index in [1.54, 1.807) is 26.0 Å². The Morgan fingerprint density at radius 2 is 1.52 bits per heavy atom. The molecule has 0 aromatic heterocycles. The van der Waals surface area contributed by atoms with E-state index in [9.17, 15) is 34.2 Å². The molecule has 1 aromatic rings. The van der Waals surface area contributed by atoms with Crippen LogP contribution in [0, 0.1) is 5.92 Å². The number of carboxylic acid groups (broad SMARTS) is 1. The number of hydrogen-bond donors (Lipinski definition) is 7. The van der Waals surface area contributed by atoms with E-state index in [2.05, 4.69) is 16.0 Å². The molecule has 12 nitrogen and oxygen atoms in total. The zero-order chi connectivity index (χ0) is 25.1. The third kappa shape index (κ3) is 9.56. The van der Waals surface area contributed by atoms with Crippen molar-refractivity contribution in [3.05, 3.63) is 29.8 Å². The molecule has 0 spiro atoms. The van der Waals surface area contributed by atoms with Gasteiger partial charge in [0.15, 0.2) is 0 Å². The molecule has 1 rings (SSSR count). The first-order chi connectivity index (χ1) is 15.4. The topological polar surface area (TPSA) is 214 Å². The van der Waals surface area contributed by atoms with Gasteiger partial charge in [-0.15, -0.1) is 0 Å². The van der Waals surface area contributed by atoms with E-state index in [-0.39, 0.29) is 25.0 Å². The highest BCUT2D eigenvalue weighted by Crippen LogP contribution is 2.12. The number of carbonyl (C=O) groups excluding carboxylic acids is 4. The van der Waals surface area contributed by atoms with E-state index in [4.69, 9.17) is 11.5 Å². The average Bonchev–Trinajstić information content (AvgIpc) is 2.74. The minimum Gasteiger partial charge on any atom is -0.508 e. The minimum atomic E-state index is -1.23. The monoisotopic (exact) mass is 465 g/mol. The van der Waals surface area contributed by atoms with Crippen LogP contribution in [-0.2, 0) is 30.4 Å². The fourth-order valence-electron chi connectivity index (χ4n) is 2.93. The van der Waals surface area contributed by atoms with Crippen molar-refractivity contribution < 1.29 is 34.2 Å². The number of carbonyl (C=O) groups is 5. The van der Waals surface area contributed by atoms with Gasteiger partial charge < -0.3 is 37.6 Å². The number of rotatable bonds is 13. The standard InChI is InChI=1S/C21H31N5O7/c1-11(2)18(21(32)33)26-20(31)15(9-12-3-5-13(27)6-4-12)25-19(30)14(7-8-16(23)28)24-17(29)10-22/h3-6,11,14-15,18,27H,7-10,22H2,1-2H3,(H2,23,28)(H,24,29)(H,25,30)(H,26,31)(H,32,33). The Morgan fingerprint density at radius 3 is 2.00 bits per heavy atom. The van der Waals surface area contributed by atoms with Crippen LogP contribution in [0.5, 0.6) is 5.75 Å². The van der Waals surface area contributed by atoms with E-state index >= 15 is 0 Å². The molecule has 33 heavy (non-hydrogen) atoms. The van der Waals surface area contributed by atoms with Crippen LogP contribution in [0.2, 0.25) is 0 Å². The molecule has 0 saturated heterocycles. The molecule has 0 radical (unpaired) electrons. The second kappa shape index (κ2) is 13.0. The number of nitrogens with one attached hydrogen (secondary N) is 3. The molecule has 0 aliphatic carbocycles. The third-order valence-corrected chi connectivity index (χ3v) is 4.76. The summed E-state index contributed by atoms with van der Waals surface area (Å²) < 4.78 is 0. The summed E-state index contributed by atoms with van der Waals surface area (Å²) in [5.41, 5.74) is 11.0. The number of aliphatic carboxylic acids is 1. The van der Waals surface area contributed by atoms with Crippen molar-refractivity contribution >= 4 is 29.6 Å². The smallest absolute Gasteiger partial charge is 0.326 e. The Bertz CT molecular complexity index is 857. The molecule has 182 valence electrons. The van der Waals surface area contributed by atoms with Gasteiger partial charge in [-0.2, -0.15) is 0 Å². The summed E-state index contributed by atoms with van der Waals surface area (Å²) in [6.45, 7) is 2.84. The van der Waals surface area contributed by atoms with E-state index in [0.717, 1.165) is 0 Å². The lowest BCUT2D eigenvalue weighted by atomic mass is 10.0. The molecule has 3 unspecified atom stereocenters. The van der Waals surface area contributed by atoms with Crippen LogP contribution in [0.15, 0.2) is 24.3 Å². The quantitative estimate of drug-likeness (QED) is 0.179. The number of carboxylic acids is 1. The highest BCUT2D eigenvalue weighted by Gasteiger charge is 2.31. The molecule has 0 bridgehead atoms. The van der Waals surface area contributed by atoms with Gasteiger partial charge in [-0.1, -0.05) is 26.0 Å². The van der Waals surface area contributed by atoms with Gasteiger partial charge in [-0.05, 0) is 30.0 Å². The normalized spacial score (nSPS) is 13.5. The molecular weight excluding hydrogens is 434 g/mol. The number of phenolic OH excluding ortho intramolecular Hbond substituents is 1. The first-order valence-corrected chi connectivity index (χ1v) is 10.3. The van der Waals surface area contributed by atoms with Gasteiger partial charge in [0, 0.05) is 12.8 Å². The molecule has 0 fully saturated rings. The fraction of sp³-hybridized carbons (Fsp3) is 0.476. The summed E-state index contributed by atoms with van der Waals surface area (Å²) in [6, 6.07) is 2.28. The summed E-state index contributed by atoms with van der Waals surface area (Å²) in [5, 5.41) is 26.1. The zero-order valence-electron chi connectivity index (χ0n) is 18.5. The largest absolute Gasteiger partial charge is 0.508 e. The molecule has 0 aliphatic heterocycles. The van der Waals surface area contributed by atoms with Crippen molar-refractivity contribution in [3.63, 3.8) is 0 Å². The summed E-state index contributed by atoms with van der Waals surface area (Å²) in [7, 11) is 0. The van der Waals surface area contributed by atoms with E-state index in [1.807, 2.05) is 0 Å². The lowest BCUT2D eigenvalue weighted by molar-refractivity contribution is -0.143. The van der Waals surface area contributed by atoms with Gasteiger partial charge in [0.05, 0.1) is 6.54 Å². The van der Waals surface area contributed by atoms with Crippen LogP contribution < -0.4 is 27.4 Å². The average molecular weight is 466 g/mol. The maximum absolute atomic E-state index is 12.9. The Morgan fingerprint density at radius 1 is 0.939 bits per heavy atom. The second-order valence-corrected chi connectivity index (χ2v) is 7.83. The number of nitrogens with two attached hydrogens (primary N) is 2. The Hall–Kier alpha value is -3.67. The maximum Gasteiger partial charge on any atom is 0.326 e. The molecule has 4 amide bonds. The molecule has 0 aliphatic rings. The molecule has 1 aromatic carbocycles. The van der Waals surface area contributed by atoms with Gasteiger partial charge in [0.25, 0.3) is 0 Å². The first-order valence-electron chi connectivity index (χ1n) is 10.3. The Balaban J connectivity index is 3.13. The van der Waals surface area contributed by atoms with Crippen LogP contribution in [0.3, 0.4) is 0 Å². The lowest BCUT2D eigenvalue weighted by Crippen LogP contribution is -2.57. The number of aromatic hydroxyl groups is 1. The van der Waals surface area contributed by atoms with Crippen LogP contribution in [0.4, 0.5) is 0 Å². The van der Waals surface area contributed by atoms with Crippen LogP contribution in [0.1, 0.15) is 32.3 Å². The van der Waals surface area contributed by atoms with Gasteiger partial charge in [-0.25, -0.2) is 4.79 Å². The lowest BCUT2D eigenvalue weighted by Gasteiger charge is -2.25. The predicted octanol–water partition coefficient (Wildman–Crippen LogP) is -1.65. The van der Waals surface area contributed by atoms with Crippen LogP contribution in [0.25, 0.3) is 0 Å². The molecule has 0 saturated carbocycles. The van der Waals surface area contributed by atoms with Crippen LogP contribution in [-0.4, -0.2) is 64.5 Å². The first kappa shape index (κ1) is 27.4. The van der Waals surface area contributed by atoms with E-state index in [1.165, 1.54) is 12.1 Å². The van der Waals surface area contributed by atoms with Crippen molar-refractivity contribution in [2.45, 2.75) is 51.2 Å². The minimum absolute atomic E-state index is 0.00514. The zero-order valence-corrected chi connectivity index (χ0v) is 18.5. The molecule has 9 N–H and O–H groups in total. The summed E-state index contributed by atoms with van der Waals surface area (Å²) in [5.74, 6) is -4.51. The Kier molecular flexibility index (Phi) is 10.8. The van der Waals surface area contributed by atoms with Crippen molar-refractivity contribution in [1.82, 2.24) is 16.0 Å². The Labute approximate surface area is 191 Å². The second-order valence-electron chi connectivity index (χ2n) is 7.83. The van der Waals surface area contributed by atoms with E-state index < -0.39 is 60.2 Å². The van der Waals surface area contributed by atoms with Crippen molar-refractivity contribution in [2.75, 3.05) is 6.54 Å². The maximum atomic E-state index is 12.9. The molecule has 3 atom stereocenters.